The van der Waals surface area contributed by atoms with Crippen LogP contribution in [-0.2, 0) is 4.74 Å². The largest absolute Gasteiger partial charge is 0.454 e. The zero-order chi connectivity index (χ0) is 16.4. The second kappa shape index (κ2) is 6.18. The van der Waals surface area contributed by atoms with Crippen LogP contribution >= 0.6 is 0 Å². The highest BCUT2D eigenvalue weighted by atomic mass is 16.7. The molecule has 0 saturated carbocycles. The van der Waals surface area contributed by atoms with Crippen LogP contribution < -0.4 is 19.7 Å². The van der Waals surface area contributed by atoms with Crippen molar-refractivity contribution < 1.29 is 19.0 Å². The Balaban J connectivity index is 1.50. The van der Waals surface area contributed by atoms with Crippen molar-refractivity contribution in [3.63, 3.8) is 0 Å². The molecule has 1 N–H and O–H groups in total. The van der Waals surface area contributed by atoms with Crippen molar-refractivity contribution in [2.24, 2.45) is 5.92 Å². The molecule has 3 rings (SSSR count). The Hall–Kier alpha value is -2.11. The fourth-order valence-corrected chi connectivity index (χ4v) is 2.86. The van der Waals surface area contributed by atoms with Crippen molar-refractivity contribution >= 4 is 11.8 Å². The Labute approximate surface area is 136 Å². The van der Waals surface area contributed by atoms with Gasteiger partial charge >= 0.3 is 6.09 Å². The maximum Gasteiger partial charge on any atom is 0.407 e. The van der Waals surface area contributed by atoms with Crippen molar-refractivity contribution in [1.29, 1.82) is 0 Å². The number of benzene rings is 1. The molecule has 1 atom stereocenters. The molecule has 2 aliphatic heterocycles. The van der Waals surface area contributed by atoms with E-state index in [2.05, 4.69) is 16.3 Å². The number of carbonyl (C=O) groups is 1. The van der Waals surface area contributed by atoms with Gasteiger partial charge in [0.15, 0.2) is 11.5 Å². The van der Waals surface area contributed by atoms with Crippen LogP contribution in [0.1, 0.15) is 27.2 Å². The Kier molecular flexibility index (Phi) is 4.24. The maximum absolute atomic E-state index is 11.7. The summed E-state index contributed by atoms with van der Waals surface area (Å²) in [7, 11) is 0. The average molecular weight is 320 g/mol. The van der Waals surface area contributed by atoms with Gasteiger partial charge in [-0.3, -0.25) is 0 Å². The standard InChI is InChI=1S/C17H24N2O4/c1-17(2,3)23-16(20)18-9-12-6-7-19(10-12)13-4-5-14-15(8-13)22-11-21-14/h4-5,8,12H,6-7,9-11H2,1-3H3,(H,18,20). The van der Waals surface area contributed by atoms with Gasteiger partial charge in [-0.25, -0.2) is 4.79 Å². The molecule has 0 radical (unpaired) electrons. The molecule has 0 aliphatic carbocycles. The number of anilines is 1. The number of hydrogen-bond donors (Lipinski definition) is 1. The quantitative estimate of drug-likeness (QED) is 0.928. The molecule has 2 aliphatic rings. The van der Waals surface area contributed by atoms with Crippen LogP contribution in [-0.4, -0.2) is 38.1 Å². The zero-order valence-electron chi connectivity index (χ0n) is 13.9. The summed E-state index contributed by atoms with van der Waals surface area (Å²) in [4.78, 5) is 14.0. The van der Waals surface area contributed by atoms with Crippen LogP contribution in [0.4, 0.5) is 10.5 Å². The van der Waals surface area contributed by atoms with Gasteiger partial charge in [-0.1, -0.05) is 0 Å². The van der Waals surface area contributed by atoms with Crippen LogP contribution in [0.25, 0.3) is 0 Å². The van der Waals surface area contributed by atoms with E-state index in [1.807, 2.05) is 32.9 Å². The predicted octanol–water partition coefficient (Wildman–Crippen LogP) is 2.77. The summed E-state index contributed by atoms with van der Waals surface area (Å²) in [6.07, 6.45) is 0.698. The zero-order valence-corrected chi connectivity index (χ0v) is 13.9. The van der Waals surface area contributed by atoms with E-state index in [0.717, 1.165) is 36.7 Å². The van der Waals surface area contributed by atoms with Gasteiger partial charge in [0.25, 0.3) is 0 Å². The van der Waals surface area contributed by atoms with Crippen molar-refractivity contribution in [2.75, 3.05) is 31.3 Å². The summed E-state index contributed by atoms with van der Waals surface area (Å²) in [5.74, 6) is 2.03. The molecule has 6 nitrogen and oxygen atoms in total. The summed E-state index contributed by atoms with van der Waals surface area (Å²) in [6.45, 7) is 8.41. The molecule has 1 saturated heterocycles. The molecule has 6 heteroatoms. The molecule has 1 unspecified atom stereocenters. The first kappa shape index (κ1) is 15.8. The summed E-state index contributed by atoms with van der Waals surface area (Å²) in [5, 5.41) is 2.86. The van der Waals surface area contributed by atoms with E-state index in [4.69, 9.17) is 14.2 Å². The highest BCUT2D eigenvalue weighted by molar-refractivity contribution is 5.67. The van der Waals surface area contributed by atoms with E-state index < -0.39 is 5.60 Å². The highest BCUT2D eigenvalue weighted by Crippen LogP contribution is 2.36. The minimum absolute atomic E-state index is 0.293. The van der Waals surface area contributed by atoms with Gasteiger partial charge in [-0.2, -0.15) is 0 Å². The number of rotatable bonds is 3. The highest BCUT2D eigenvalue weighted by Gasteiger charge is 2.25. The van der Waals surface area contributed by atoms with Crippen LogP contribution in [0.15, 0.2) is 18.2 Å². The number of nitrogens with zero attached hydrogens (tertiary/aromatic N) is 1. The van der Waals surface area contributed by atoms with E-state index in [1.165, 1.54) is 0 Å². The molecule has 0 spiro atoms. The van der Waals surface area contributed by atoms with Gasteiger partial charge in [0.2, 0.25) is 6.79 Å². The number of fused-ring (bicyclic) bond motifs is 1. The van der Waals surface area contributed by atoms with E-state index in [0.29, 0.717) is 19.3 Å². The average Bonchev–Trinajstić information content (AvgIpc) is 3.11. The second-order valence-electron chi connectivity index (χ2n) is 7.02. The van der Waals surface area contributed by atoms with Gasteiger partial charge in [0, 0.05) is 31.4 Å². The Bertz CT molecular complexity index is 582. The Morgan fingerprint density at radius 3 is 2.91 bits per heavy atom. The molecule has 1 fully saturated rings. The topological polar surface area (TPSA) is 60.0 Å². The lowest BCUT2D eigenvalue weighted by Gasteiger charge is -2.21. The molecule has 1 aromatic carbocycles. The van der Waals surface area contributed by atoms with Gasteiger partial charge < -0.3 is 24.4 Å². The van der Waals surface area contributed by atoms with Crippen molar-refractivity contribution in [1.82, 2.24) is 5.32 Å². The van der Waals surface area contributed by atoms with Crippen LogP contribution in [0, 0.1) is 5.92 Å². The van der Waals surface area contributed by atoms with E-state index in [-0.39, 0.29) is 6.09 Å². The number of carbonyl (C=O) groups excluding carboxylic acids is 1. The van der Waals surface area contributed by atoms with Gasteiger partial charge in [0.05, 0.1) is 0 Å². The van der Waals surface area contributed by atoms with E-state index >= 15 is 0 Å². The van der Waals surface area contributed by atoms with Gasteiger partial charge in [-0.05, 0) is 45.2 Å². The predicted molar refractivity (Wildman–Crippen MR) is 87.1 cm³/mol. The summed E-state index contributed by atoms with van der Waals surface area (Å²) < 4.78 is 16.0. The third kappa shape index (κ3) is 4.00. The first-order valence-corrected chi connectivity index (χ1v) is 8.02. The summed E-state index contributed by atoms with van der Waals surface area (Å²) in [5.41, 5.74) is 0.673. The number of hydrogen-bond acceptors (Lipinski definition) is 5. The normalized spacial score (nSPS) is 19.8. The molecule has 126 valence electrons. The number of nitrogens with one attached hydrogen (secondary N) is 1. The molecular formula is C17H24N2O4. The molecule has 2 heterocycles. The van der Waals surface area contributed by atoms with Crippen molar-refractivity contribution in [3.05, 3.63) is 18.2 Å². The first-order valence-electron chi connectivity index (χ1n) is 8.02. The van der Waals surface area contributed by atoms with Crippen LogP contribution in [0.5, 0.6) is 11.5 Å². The number of amides is 1. The lowest BCUT2D eigenvalue weighted by atomic mass is 10.1. The third-order valence-corrected chi connectivity index (χ3v) is 3.94. The molecular weight excluding hydrogens is 296 g/mol. The maximum atomic E-state index is 11.7. The molecule has 0 aromatic heterocycles. The fourth-order valence-electron chi connectivity index (χ4n) is 2.86. The minimum atomic E-state index is -0.460. The van der Waals surface area contributed by atoms with E-state index in [1.54, 1.807) is 0 Å². The third-order valence-electron chi connectivity index (χ3n) is 3.94. The summed E-state index contributed by atoms with van der Waals surface area (Å²) in [6, 6.07) is 6.02. The monoisotopic (exact) mass is 320 g/mol. The van der Waals surface area contributed by atoms with Crippen LogP contribution in [0.2, 0.25) is 0 Å². The van der Waals surface area contributed by atoms with Crippen molar-refractivity contribution in [3.8, 4) is 11.5 Å². The molecule has 1 aromatic rings. The SMILES string of the molecule is CC(C)(C)OC(=O)NCC1CCN(c2ccc3c(c2)OCO3)C1. The Morgan fingerprint density at radius 1 is 1.35 bits per heavy atom. The second-order valence-corrected chi connectivity index (χ2v) is 7.02. The van der Waals surface area contributed by atoms with Crippen LogP contribution in [0.3, 0.4) is 0 Å². The van der Waals surface area contributed by atoms with Gasteiger partial charge in [-0.15, -0.1) is 0 Å². The smallest absolute Gasteiger partial charge is 0.407 e. The van der Waals surface area contributed by atoms with Gasteiger partial charge in [0.1, 0.15) is 5.60 Å². The lowest BCUT2D eigenvalue weighted by Crippen LogP contribution is -2.36. The van der Waals surface area contributed by atoms with Crippen molar-refractivity contribution in [2.45, 2.75) is 32.8 Å². The lowest BCUT2D eigenvalue weighted by molar-refractivity contribution is 0.0520. The number of alkyl carbamates (subject to hydrolysis) is 1. The van der Waals surface area contributed by atoms with E-state index in [9.17, 15) is 4.79 Å². The molecule has 23 heavy (non-hydrogen) atoms. The molecule has 0 bridgehead atoms. The minimum Gasteiger partial charge on any atom is -0.454 e. The Morgan fingerprint density at radius 2 is 2.13 bits per heavy atom. The first-order chi connectivity index (χ1) is 10.9. The molecule has 1 amide bonds. The summed E-state index contributed by atoms with van der Waals surface area (Å²) >= 11 is 0. The fraction of sp³-hybridized carbons (Fsp3) is 0.588. The number of ether oxygens (including phenoxy) is 3.